The maximum Gasteiger partial charge on any atom is 0.341 e. The van der Waals surface area contributed by atoms with Crippen molar-refractivity contribution >= 4 is 75.1 Å². The Hall–Kier alpha value is -6.18. The minimum Gasteiger partial charge on any atom is -0.462 e. The van der Waals surface area contributed by atoms with Crippen molar-refractivity contribution in [2.75, 3.05) is 42.8 Å². The Morgan fingerprint density at radius 1 is 0.895 bits per heavy atom. The molecule has 1 atom stereocenters. The molecular weight excluding hydrogens is 759 g/mol. The molecule has 13 heteroatoms. The molecule has 0 radical (unpaired) electrons. The molecule has 11 nitrogen and oxygen atoms in total. The number of hydrogen-bond donors (Lipinski definition) is 3. The van der Waals surface area contributed by atoms with Crippen LogP contribution in [0.25, 0.3) is 6.08 Å². The van der Waals surface area contributed by atoms with Crippen LogP contribution >= 0.6 is 23.1 Å². The molecule has 292 valence electrons. The predicted molar refractivity (Wildman–Crippen MR) is 226 cm³/mol. The molecule has 6 rings (SSSR count). The summed E-state index contributed by atoms with van der Waals surface area (Å²) >= 11 is 2.56. The van der Waals surface area contributed by atoms with Gasteiger partial charge in [-0.2, -0.15) is 0 Å². The molecule has 4 aromatic carbocycles. The summed E-state index contributed by atoms with van der Waals surface area (Å²) in [4.78, 5) is 72.0. The zero-order valence-electron chi connectivity index (χ0n) is 32.0. The molecule has 5 aromatic rings. The smallest absolute Gasteiger partial charge is 0.341 e. The van der Waals surface area contributed by atoms with Gasteiger partial charge < -0.3 is 30.5 Å². The fraction of sp³-hybridized carbons (Fsp3) is 0.205. The van der Waals surface area contributed by atoms with Gasteiger partial charge >= 0.3 is 5.97 Å². The highest BCUT2D eigenvalue weighted by Gasteiger charge is 2.32. The number of benzene rings is 4. The van der Waals surface area contributed by atoms with E-state index in [1.807, 2.05) is 85.7 Å². The maximum absolute atomic E-state index is 14.3. The second-order valence-corrected chi connectivity index (χ2v) is 15.6. The summed E-state index contributed by atoms with van der Waals surface area (Å²) in [7, 11) is 3.88. The number of ether oxygens (including phenoxy) is 1. The van der Waals surface area contributed by atoms with Gasteiger partial charge in [0, 0.05) is 54.3 Å². The number of anilines is 3. The van der Waals surface area contributed by atoms with Crippen LogP contribution in [0.5, 0.6) is 0 Å². The average Bonchev–Trinajstić information content (AvgIpc) is 3.57. The molecule has 1 aliphatic heterocycles. The first-order chi connectivity index (χ1) is 27.5. The number of amides is 4. The van der Waals surface area contributed by atoms with Crippen LogP contribution in [0.3, 0.4) is 0 Å². The van der Waals surface area contributed by atoms with Crippen LogP contribution in [-0.2, 0) is 32.1 Å². The first-order valence-electron chi connectivity index (χ1n) is 18.4. The second kappa shape index (κ2) is 18.6. The van der Waals surface area contributed by atoms with E-state index >= 15 is 0 Å². The molecule has 1 aliphatic rings. The Bertz CT molecular complexity index is 2290. The quantitative estimate of drug-likeness (QED) is 0.0624. The molecule has 1 aromatic heterocycles. The zero-order valence-corrected chi connectivity index (χ0v) is 33.7. The highest BCUT2D eigenvalue weighted by atomic mass is 32.2. The number of nitrogens with zero attached hydrogens (tertiary/aromatic N) is 2. The van der Waals surface area contributed by atoms with Crippen LogP contribution < -0.4 is 20.9 Å². The van der Waals surface area contributed by atoms with E-state index in [4.69, 9.17) is 4.74 Å². The van der Waals surface area contributed by atoms with E-state index in [0.717, 1.165) is 21.7 Å². The van der Waals surface area contributed by atoms with Crippen LogP contribution in [0.15, 0.2) is 120 Å². The van der Waals surface area contributed by atoms with E-state index in [2.05, 4.69) is 16.0 Å². The van der Waals surface area contributed by atoms with Crippen molar-refractivity contribution in [3.8, 4) is 0 Å². The Kier molecular flexibility index (Phi) is 13.2. The Morgan fingerprint density at radius 2 is 1.60 bits per heavy atom. The fourth-order valence-electron chi connectivity index (χ4n) is 6.22. The maximum atomic E-state index is 14.3. The third-order valence-corrected chi connectivity index (χ3v) is 11.5. The highest BCUT2D eigenvalue weighted by Crippen LogP contribution is 2.41. The molecule has 0 spiro atoms. The molecule has 1 unspecified atom stereocenters. The van der Waals surface area contributed by atoms with E-state index in [9.17, 15) is 24.0 Å². The molecule has 2 heterocycles. The van der Waals surface area contributed by atoms with Gasteiger partial charge in [-0.05, 0) is 78.6 Å². The molecule has 4 amide bonds. The number of thiophene rings is 1. The summed E-state index contributed by atoms with van der Waals surface area (Å²) < 4.78 is 5.41. The third-order valence-electron chi connectivity index (χ3n) is 9.15. The lowest BCUT2D eigenvalue weighted by molar-refractivity contribution is -0.129. The Morgan fingerprint density at radius 3 is 2.26 bits per heavy atom. The number of carbonyl (C=O) groups excluding carboxylic acids is 5. The summed E-state index contributed by atoms with van der Waals surface area (Å²) in [5.74, 6) is -1.91. The monoisotopic (exact) mass is 801 g/mol. The van der Waals surface area contributed by atoms with Crippen LogP contribution in [0.4, 0.5) is 16.4 Å². The molecule has 0 saturated heterocycles. The third kappa shape index (κ3) is 10.2. The van der Waals surface area contributed by atoms with Crippen LogP contribution in [0.1, 0.15) is 61.4 Å². The van der Waals surface area contributed by atoms with E-state index in [1.54, 1.807) is 60.4 Å². The second-order valence-electron chi connectivity index (χ2n) is 13.4. The van der Waals surface area contributed by atoms with Crippen molar-refractivity contribution in [2.24, 2.45) is 0 Å². The lowest BCUT2D eigenvalue weighted by atomic mass is 10.0. The molecule has 0 fully saturated rings. The van der Waals surface area contributed by atoms with Gasteiger partial charge in [0.15, 0.2) is 0 Å². The van der Waals surface area contributed by atoms with Crippen molar-refractivity contribution in [1.29, 1.82) is 0 Å². The predicted octanol–water partition coefficient (Wildman–Crippen LogP) is 7.78. The van der Waals surface area contributed by atoms with E-state index in [0.29, 0.717) is 51.8 Å². The highest BCUT2D eigenvalue weighted by molar-refractivity contribution is 8.00. The number of nitrogens with one attached hydrogen (secondary N) is 3. The number of esters is 1. The number of fused-ring (bicyclic) bond motifs is 1. The Balaban J connectivity index is 1.26. The van der Waals surface area contributed by atoms with Gasteiger partial charge in [0.05, 0.1) is 18.7 Å². The van der Waals surface area contributed by atoms with E-state index < -0.39 is 23.0 Å². The number of thioether (sulfide) groups is 1. The number of rotatable bonds is 13. The van der Waals surface area contributed by atoms with Gasteiger partial charge in [0.25, 0.3) is 11.8 Å². The first kappa shape index (κ1) is 40.5. The summed E-state index contributed by atoms with van der Waals surface area (Å²) in [6, 6.07) is 32.6. The minimum absolute atomic E-state index is 0.0449. The van der Waals surface area contributed by atoms with Crippen LogP contribution in [0, 0.1) is 0 Å². The molecule has 3 N–H and O–H groups in total. The number of carbonyl (C=O) groups is 5. The van der Waals surface area contributed by atoms with Gasteiger partial charge in [-0.1, -0.05) is 66.7 Å². The largest absolute Gasteiger partial charge is 0.462 e. The molecule has 0 bridgehead atoms. The van der Waals surface area contributed by atoms with Gasteiger partial charge in [-0.3, -0.25) is 19.2 Å². The molecule has 0 aliphatic carbocycles. The number of hydrogen-bond acceptors (Lipinski definition) is 9. The molecular formula is C44H43N5O6S2. The minimum atomic E-state index is -0.759. The SMILES string of the molecule is CCOC(=O)c1c(NC(=O)C(Sc2cccc(NC(=O)/C(=C\c3ccc(N(C)C)cc3)NC(=O)c3ccccc3)c2)c2ccccc2)sc2c1CCN(C(C)=O)C2. The summed E-state index contributed by atoms with van der Waals surface area (Å²) in [6.45, 7) is 4.23. The molecule has 57 heavy (non-hydrogen) atoms. The topological polar surface area (TPSA) is 137 Å². The van der Waals surface area contributed by atoms with E-state index in [-0.39, 0.29) is 24.1 Å². The van der Waals surface area contributed by atoms with Crippen LogP contribution in [0.2, 0.25) is 0 Å². The van der Waals surface area contributed by atoms with Crippen molar-refractivity contribution in [3.63, 3.8) is 0 Å². The normalized spacial score (nSPS) is 12.8. The summed E-state index contributed by atoms with van der Waals surface area (Å²) in [5.41, 5.74) is 4.44. The molecule has 0 saturated carbocycles. The van der Waals surface area contributed by atoms with Gasteiger partial charge in [-0.15, -0.1) is 23.1 Å². The zero-order chi connectivity index (χ0) is 40.5. The van der Waals surface area contributed by atoms with Gasteiger partial charge in [0.2, 0.25) is 11.8 Å². The standard InChI is InChI=1S/C44H43N5O6S2/c1-5-55-44(54)38-35-23-24-49(28(2)50)27-37(35)57-43(38)47-42(53)39(30-13-8-6-9-14-30)56-34-18-12-17-32(26-34)45-41(52)36(46-40(51)31-15-10-7-11-16-31)25-29-19-21-33(22-20-29)48(3)4/h6-22,25-26,39H,5,23-24,27H2,1-4H3,(H,45,52)(H,46,51)(H,47,53)/b36-25+. The van der Waals surface area contributed by atoms with Crippen molar-refractivity contribution < 1.29 is 28.7 Å². The van der Waals surface area contributed by atoms with E-state index in [1.165, 1.54) is 30.0 Å². The van der Waals surface area contributed by atoms with Crippen molar-refractivity contribution in [1.82, 2.24) is 10.2 Å². The van der Waals surface area contributed by atoms with Crippen LogP contribution in [-0.4, -0.2) is 61.7 Å². The summed E-state index contributed by atoms with van der Waals surface area (Å²) in [6.07, 6.45) is 2.09. The lowest BCUT2D eigenvalue weighted by Gasteiger charge is -2.25. The first-order valence-corrected chi connectivity index (χ1v) is 20.1. The lowest BCUT2D eigenvalue weighted by Crippen LogP contribution is -2.34. The van der Waals surface area contributed by atoms with Crippen molar-refractivity contribution in [2.45, 2.75) is 37.0 Å². The average molecular weight is 802 g/mol. The summed E-state index contributed by atoms with van der Waals surface area (Å²) in [5, 5.41) is 8.35. The van der Waals surface area contributed by atoms with Gasteiger partial charge in [-0.25, -0.2) is 4.79 Å². The Labute approximate surface area is 340 Å². The fourth-order valence-corrected chi connectivity index (χ4v) is 8.56. The van der Waals surface area contributed by atoms with Gasteiger partial charge in [0.1, 0.15) is 15.9 Å². The van der Waals surface area contributed by atoms with Crippen molar-refractivity contribution in [3.05, 3.63) is 148 Å².